The van der Waals surface area contributed by atoms with Crippen molar-refractivity contribution >= 4 is 39.8 Å². The van der Waals surface area contributed by atoms with Crippen LogP contribution in [0.4, 0.5) is 14.5 Å². The average molecular weight is 639 g/mol. The number of aliphatic hydroxyl groups is 1. The number of aliphatic hydroxyl groups excluding tert-OH is 1. The van der Waals surface area contributed by atoms with Crippen LogP contribution >= 0.6 is 12.2 Å². The van der Waals surface area contributed by atoms with Gasteiger partial charge in [0.15, 0.2) is 28.2 Å². The molecule has 1 aromatic heterocycles. The van der Waals surface area contributed by atoms with E-state index in [4.69, 9.17) is 31.2 Å². The second kappa shape index (κ2) is 15.0. The normalized spacial score (nSPS) is 14.0. The minimum absolute atomic E-state index is 0.00157. The molecule has 1 amide bonds. The molecule has 1 fully saturated rings. The maximum absolute atomic E-state index is 15.1. The van der Waals surface area contributed by atoms with E-state index in [0.29, 0.717) is 59.2 Å². The molecule has 1 aliphatic heterocycles. The van der Waals surface area contributed by atoms with Crippen molar-refractivity contribution in [3.05, 3.63) is 84.1 Å². The number of hydrogen-bond donors (Lipinski definition) is 3. The molecule has 1 atom stereocenters. The molecule has 0 radical (unpaired) electrons. The zero-order chi connectivity index (χ0) is 31.8. The Morgan fingerprint density at radius 3 is 2.56 bits per heavy atom. The van der Waals surface area contributed by atoms with Crippen LogP contribution in [0.25, 0.3) is 10.9 Å². The van der Waals surface area contributed by atoms with Gasteiger partial charge in [-0.3, -0.25) is 14.7 Å². The number of hydrogen-bond acceptors (Lipinski definition) is 9. The molecule has 0 aliphatic carbocycles. The third-order valence-electron chi connectivity index (χ3n) is 6.93. The number of carbonyl (C=O) groups is 1. The summed E-state index contributed by atoms with van der Waals surface area (Å²) >= 11 is 5.18. The number of nitrogens with one attached hydrogen (secondary N) is 2. The fourth-order valence-electron chi connectivity index (χ4n) is 4.71. The van der Waals surface area contributed by atoms with Crippen LogP contribution in [0.3, 0.4) is 0 Å². The van der Waals surface area contributed by atoms with Gasteiger partial charge in [-0.1, -0.05) is 12.1 Å². The first-order valence-electron chi connectivity index (χ1n) is 14.2. The monoisotopic (exact) mass is 638 g/mol. The van der Waals surface area contributed by atoms with Gasteiger partial charge >= 0.3 is 0 Å². The Balaban J connectivity index is 1.21. The summed E-state index contributed by atoms with van der Waals surface area (Å²) in [5.41, 5.74) is 1.43. The quantitative estimate of drug-likeness (QED) is 0.204. The largest absolute Gasteiger partial charge is 0.493 e. The summed E-state index contributed by atoms with van der Waals surface area (Å²) in [6, 6.07) is 14.7. The highest BCUT2D eigenvalue weighted by molar-refractivity contribution is 7.80. The highest BCUT2D eigenvalue weighted by atomic mass is 32.1. The third kappa shape index (κ3) is 8.82. The average Bonchev–Trinajstić information content (AvgIpc) is 3.02. The molecule has 13 heteroatoms. The van der Waals surface area contributed by atoms with Crippen molar-refractivity contribution in [2.45, 2.75) is 12.5 Å². The molecule has 0 bridgehead atoms. The first kappa shape index (κ1) is 32.0. The number of ether oxygens (including phenoxy) is 4. The first-order valence-corrected chi connectivity index (χ1v) is 14.6. The van der Waals surface area contributed by atoms with Gasteiger partial charge in [0, 0.05) is 49.0 Å². The molecule has 3 N–H and O–H groups in total. The Morgan fingerprint density at radius 2 is 1.82 bits per heavy atom. The summed E-state index contributed by atoms with van der Waals surface area (Å²) in [5, 5.41) is 16.3. The van der Waals surface area contributed by atoms with Gasteiger partial charge in [-0.15, -0.1) is 0 Å². The molecule has 1 unspecified atom stereocenters. The van der Waals surface area contributed by atoms with Gasteiger partial charge in [0.25, 0.3) is 0 Å². The first-order chi connectivity index (χ1) is 21.8. The summed E-state index contributed by atoms with van der Waals surface area (Å²) in [4.78, 5) is 18.8. The minimum Gasteiger partial charge on any atom is -0.493 e. The van der Waals surface area contributed by atoms with E-state index in [1.807, 2.05) is 0 Å². The second-order valence-corrected chi connectivity index (χ2v) is 10.7. The Bertz CT molecular complexity index is 1650. The Hall–Kier alpha value is -4.43. The number of morpholine rings is 1. The number of carbonyl (C=O) groups excluding carboxylic acids is 1. The Kier molecular flexibility index (Phi) is 10.7. The number of fused-ring (bicyclic) bond motifs is 1. The van der Waals surface area contributed by atoms with Crippen molar-refractivity contribution in [2.24, 2.45) is 0 Å². The van der Waals surface area contributed by atoms with Crippen molar-refractivity contribution < 1.29 is 37.6 Å². The Labute approximate surface area is 263 Å². The van der Waals surface area contributed by atoms with Crippen molar-refractivity contribution in [1.82, 2.24) is 15.2 Å². The molecular weight excluding hydrogens is 606 g/mol. The van der Waals surface area contributed by atoms with E-state index < -0.39 is 23.6 Å². The van der Waals surface area contributed by atoms with E-state index in [1.165, 1.54) is 49.7 Å². The zero-order valence-corrected chi connectivity index (χ0v) is 25.2. The van der Waals surface area contributed by atoms with Crippen molar-refractivity contribution in [2.75, 3.05) is 51.9 Å². The molecule has 0 spiro atoms. The summed E-state index contributed by atoms with van der Waals surface area (Å²) in [6.45, 7) is 3.32. The lowest BCUT2D eigenvalue weighted by atomic mass is 10.1. The SMILES string of the molecule is COc1cc2c(Oc3ccc(NC(=S)NC(=O)Cc4ccc(F)cc4)cc3F)ccnc2cc1OCC(O)CN1CCOCC1. The van der Waals surface area contributed by atoms with Gasteiger partial charge in [0.05, 0.1) is 32.3 Å². The number of anilines is 1. The highest BCUT2D eigenvalue weighted by Crippen LogP contribution is 2.38. The van der Waals surface area contributed by atoms with Crippen LogP contribution in [0.2, 0.25) is 0 Å². The van der Waals surface area contributed by atoms with Crippen LogP contribution in [0.1, 0.15) is 5.56 Å². The smallest absolute Gasteiger partial charge is 0.230 e. The molecule has 1 aliphatic rings. The molecule has 10 nitrogen and oxygen atoms in total. The number of rotatable bonds is 11. The standard InChI is InChI=1S/C32H32F2N4O6S/c1-41-29-16-24-26(17-30(29)43-19-23(39)18-38-10-12-42-13-11-38)35-9-8-27(24)44-28-7-6-22(15-25(28)34)36-32(45)37-31(40)14-20-2-4-21(33)5-3-20/h2-9,15-17,23,39H,10-14,18-19H2,1H3,(H2,36,37,40,45). The van der Waals surface area contributed by atoms with Crippen molar-refractivity contribution in [3.8, 4) is 23.0 Å². The molecule has 2 heterocycles. The van der Waals surface area contributed by atoms with Gasteiger partial charge < -0.3 is 34.7 Å². The fraction of sp³-hybridized carbons (Fsp3) is 0.281. The fourth-order valence-corrected chi connectivity index (χ4v) is 4.94. The predicted octanol–water partition coefficient (Wildman–Crippen LogP) is 4.44. The molecule has 5 rings (SSSR count). The topological polar surface area (TPSA) is 114 Å². The van der Waals surface area contributed by atoms with Crippen LogP contribution in [0.15, 0.2) is 66.9 Å². The predicted molar refractivity (Wildman–Crippen MR) is 168 cm³/mol. The number of nitrogens with zero attached hydrogens (tertiary/aromatic N) is 2. The summed E-state index contributed by atoms with van der Waals surface area (Å²) in [7, 11) is 1.50. The summed E-state index contributed by atoms with van der Waals surface area (Å²) < 4.78 is 50.9. The summed E-state index contributed by atoms with van der Waals surface area (Å²) in [6.07, 6.45) is 0.819. The van der Waals surface area contributed by atoms with E-state index in [0.717, 1.165) is 13.1 Å². The Morgan fingerprint density at radius 1 is 1.04 bits per heavy atom. The van der Waals surface area contributed by atoms with Gasteiger partial charge in [0.1, 0.15) is 24.3 Å². The number of halogens is 2. The number of thiocarbonyl (C=S) groups is 1. The van der Waals surface area contributed by atoms with Gasteiger partial charge in [-0.25, -0.2) is 8.78 Å². The van der Waals surface area contributed by atoms with E-state index in [-0.39, 0.29) is 23.9 Å². The number of aromatic nitrogens is 1. The maximum Gasteiger partial charge on any atom is 0.230 e. The van der Waals surface area contributed by atoms with Crippen molar-refractivity contribution in [1.29, 1.82) is 0 Å². The van der Waals surface area contributed by atoms with Gasteiger partial charge in [0.2, 0.25) is 5.91 Å². The molecular formula is C32H32F2N4O6S. The van der Waals surface area contributed by atoms with Crippen LogP contribution in [0, 0.1) is 11.6 Å². The maximum atomic E-state index is 15.1. The van der Waals surface area contributed by atoms with Crippen molar-refractivity contribution in [3.63, 3.8) is 0 Å². The molecule has 45 heavy (non-hydrogen) atoms. The number of methoxy groups -OCH3 is 1. The van der Waals surface area contributed by atoms with Gasteiger partial charge in [-0.05, 0) is 54.2 Å². The lowest BCUT2D eigenvalue weighted by Crippen LogP contribution is -2.42. The number of amides is 1. The summed E-state index contributed by atoms with van der Waals surface area (Å²) in [5.74, 6) is -0.393. The van der Waals surface area contributed by atoms with E-state index in [2.05, 4.69) is 20.5 Å². The molecule has 4 aromatic rings. The highest BCUT2D eigenvalue weighted by Gasteiger charge is 2.18. The van der Waals surface area contributed by atoms with Crippen LogP contribution < -0.4 is 24.8 Å². The molecule has 1 saturated heterocycles. The van der Waals surface area contributed by atoms with Crippen LogP contribution in [-0.4, -0.2) is 78.7 Å². The lowest BCUT2D eigenvalue weighted by Gasteiger charge is -2.28. The van der Waals surface area contributed by atoms with E-state index in [1.54, 1.807) is 24.3 Å². The third-order valence-corrected chi connectivity index (χ3v) is 7.14. The van der Waals surface area contributed by atoms with Gasteiger partial charge in [-0.2, -0.15) is 0 Å². The molecule has 3 aromatic carbocycles. The second-order valence-electron chi connectivity index (χ2n) is 10.3. The number of benzene rings is 3. The molecule has 236 valence electrons. The van der Waals surface area contributed by atoms with E-state index in [9.17, 15) is 14.3 Å². The van der Waals surface area contributed by atoms with E-state index >= 15 is 4.39 Å². The zero-order valence-electron chi connectivity index (χ0n) is 24.4. The number of β-amino-alcohol motifs (C(OH)–C–C–N with tert-alkyl or cyclic N) is 1. The van der Waals surface area contributed by atoms with Crippen LogP contribution in [0.5, 0.6) is 23.0 Å². The minimum atomic E-state index is -0.710. The lowest BCUT2D eigenvalue weighted by molar-refractivity contribution is -0.119. The van der Waals surface area contributed by atoms with Crippen LogP contribution in [-0.2, 0) is 16.0 Å². The molecule has 0 saturated carbocycles. The number of pyridine rings is 1.